The van der Waals surface area contributed by atoms with E-state index in [1.54, 1.807) is 0 Å². The van der Waals surface area contributed by atoms with Crippen molar-refractivity contribution in [2.24, 2.45) is 0 Å². The minimum atomic E-state index is 0.710. The van der Waals surface area contributed by atoms with Crippen LogP contribution in [0.2, 0.25) is 0 Å². The van der Waals surface area contributed by atoms with Gasteiger partial charge in [-0.05, 0) is 24.6 Å². The minimum Gasteiger partial charge on any atom is -0.399 e. The van der Waals surface area contributed by atoms with Gasteiger partial charge in [-0.3, -0.25) is 0 Å². The second kappa shape index (κ2) is 4.81. The van der Waals surface area contributed by atoms with E-state index in [-0.39, 0.29) is 0 Å². The molecule has 0 atom stereocenters. The molecule has 0 aliphatic rings. The standard InChI is InChI=1S/C12H15N3O/c1-9-6-12(15-16-9)8-14-7-10-2-4-11(13)5-3-10/h2-6,14H,7-8,13H2,1H3. The number of rotatable bonds is 4. The number of benzene rings is 1. The van der Waals surface area contributed by atoms with Crippen molar-refractivity contribution in [1.82, 2.24) is 10.5 Å². The van der Waals surface area contributed by atoms with Crippen molar-refractivity contribution >= 4 is 5.69 Å². The zero-order valence-electron chi connectivity index (χ0n) is 9.23. The van der Waals surface area contributed by atoms with E-state index in [1.165, 1.54) is 5.56 Å². The molecule has 2 rings (SSSR count). The predicted octanol–water partition coefficient (Wildman–Crippen LogP) is 1.86. The van der Waals surface area contributed by atoms with E-state index in [1.807, 2.05) is 37.3 Å². The van der Waals surface area contributed by atoms with Crippen molar-refractivity contribution in [3.05, 3.63) is 47.3 Å². The minimum absolute atomic E-state index is 0.710. The number of hydrogen-bond acceptors (Lipinski definition) is 4. The van der Waals surface area contributed by atoms with Crippen LogP contribution in [0.4, 0.5) is 5.69 Å². The van der Waals surface area contributed by atoms with E-state index >= 15 is 0 Å². The van der Waals surface area contributed by atoms with E-state index in [4.69, 9.17) is 10.3 Å². The largest absolute Gasteiger partial charge is 0.399 e. The zero-order valence-corrected chi connectivity index (χ0v) is 9.23. The van der Waals surface area contributed by atoms with Gasteiger partial charge in [0.05, 0.1) is 5.69 Å². The van der Waals surface area contributed by atoms with Crippen molar-refractivity contribution < 1.29 is 4.52 Å². The van der Waals surface area contributed by atoms with Crippen molar-refractivity contribution in [3.63, 3.8) is 0 Å². The Bertz CT molecular complexity index is 448. The molecule has 0 amide bonds. The summed E-state index contributed by atoms with van der Waals surface area (Å²) < 4.78 is 4.98. The molecule has 1 heterocycles. The first-order valence-corrected chi connectivity index (χ1v) is 5.21. The first-order chi connectivity index (χ1) is 7.74. The average molecular weight is 217 g/mol. The summed E-state index contributed by atoms with van der Waals surface area (Å²) in [6.45, 7) is 3.39. The van der Waals surface area contributed by atoms with Gasteiger partial charge in [0, 0.05) is 24.8 Å². The normalized spacial score (nSPS) is 10.6. The third-order valence-corrected chi connectivity index (χ3v) is 2.29. The molecule has 0 radical (unpaired) electrons. The summed E-state index contributed by atoms with van der Waals surface area (Å²) in [6, 6.07) is 9.75. The van der Waals surface area contributed by atoms with Crippen LogP contribution < -0.4 is 11.1 Å². The summed E-state index contributed by atoms with van der Waals surface area (Å²) in [5.74, 6) is 0.837. The summed E-state index contributed by atoms with van der Waals surface area (Å²) >= 11 is 0. The van der Waals surface area contributed by atoms with E-state index in [0.29, 0.717) is 6.54 Å². The zero-order chi connectivity index (χ0) is 11.4. The van der Waals surface area contributed by atoms with E-state index < -0.39 is 0 Å². The van der Waals surface area contributed by atoms with Crippen LogP contribution in [-0.2, 0) is 13.1 Å². The van der Waals surface area contributed by atoms with Crippen LogP contribution in [0.15, 0.2) is 34.9 Å². The molecule has 0 spiro atoms. The summed E-state index contributed by atoms with van der Waals surface area (Å²) in [5.41, 5.74) is 8.52. The number of nitrogens with one attached hydrogen (secondary N) is 1. The molecule has 4 nitrogen and oxygen atoms in total. The van der Waals surface area contributed by atoms with Crippen LogP contribution in [0.1, 0.15) is 17.0 Å². The van der Waals surface area contributed by atoms with E-state index in [0.717, 1.165) is 23.7 Å². The second-order valence-electron chi connectivity index (χ2n) is 3.77. The smallest absolute Gasteiger partial charge is 0.133 e. The monoisotopic (exact) mass is 217 g/mol. The molecule has 0 saturated carbocycles. The van der Waals surface area contributed by atoms with Crippen molar-refractivity contribution in [2.45, 2.75) is 20.0 Å². The van der Waals surface area contributed by atoms with Crippen molar-refractivity contribution in [3.8, 4) is 0 Å². The molecular formula is C12H15N3O. The lowest BCUT2D eigenvalue weighted by Crippen LogP contribution is -2.12. The molecule has 0 aliphatic heterocycles. The lowest BCUT2D eigenvalue weighted by atomic mass is 10.2. The molecule has 0 unspecified atom stereocenters. The number of anilines is 1. The Kier molecular flexibility index (Phi) is 3.22. The number of hydrogen-bond donors (Lipinski definition) is 2. The molecule has 0 aliphatic carbocycles. The summed E-state index contributed by atoms with van der Waals surface area (Å²) in [7, 11) is 0. The van der Waals surface area contributed by atoms with Crippen molar-refractivity contribution in [2.75, 3.05) is 5.73 Å². The highest BCUT2D eigenvalue weighted by Gasteiger charge is 1.99. The SMILES string of the molecule is Cc1cc(CNCc2ccc(N)cc2)no1. The van der Waals surface area contributed by atoms with Gasteiger partial charge in [0.25, 0.3) is 0 Å². The number of aryl methyl sites for hydroxylation is 1. The lowest BCUT2D eigenvalue weighted by molar-refractivity contribution is 0.388. The fourth-order valence-electron chi connectivity index (χ4n) is 1.47. The molecule has 84 valence electrons. The Morgan fingerprint density at radius 1 is 1.25 bits per heavy atom. The number of nitrogens with zero attached hydrogens (tertiary/aromatic N) is 1. The average Bonchev–Trinajstić information content (AvgIpc) is 2.67. The van der Waals surface area contributed by atoms with Gasteiger partial charge in [-0.2, -0.15) is 0 Å². The lowest BCUT2D eigenvalue weighted by Gasteiger charge is -2.02. The number of nitrogens with two attached hydrogens (primary N) is 1. The molecule has 2 aromatic rings. The Labute approximate surface area is 94.4 Å². The molecule has 0 bridgehead atoms. The van der Waals surface area contributed by atoms with E-state index in [2.05, 4.69) is 10.5 Å². The van der Waals surface area contributed by atoms with Crippen LogP contribution in [0.5, 0.6) is 0 Å². The van der Waals surface area contributed by atoms with Crippen LogP contribution >= 0.6 is 0 Å². The topological polar surface area (TPSA) is 64.1 Å². The molecule has 3 N–H and O–H groups in total. The summed E-state index contributed by atoms with van der Waals surface area (Å²) in [6.07, 6.45) is 0. The van der Waals surface area contributed by atoms with Gasteiger partial charge >= 0.3 is 0 Å². The Balaban J connectivity index is 1.82. The van der Waals surface area contributed by atoms with Gasteiger partial charge in [-0.15, -0.1) is 0 Å². The summed E-state index contributed by atoms with van der Waals surface area (Å²) in [4.78, 5) is 0. The first-order valence-electron chi connectivity index (χ1n) is 5.21. The van der Waals surface area contributed by atoms with Crippen LogP contribution in [0.25, 0.3) is 0 Å². The van der Waals surface area contributed by atoms with Gasteiger partial charge < -0.3 is 15.6 Å². The maximum absolute atomic E-state index is 5.61. The second-order valence-corrected chi connectivity index (χ2v) is 3.77. The molecule has 1 aromatic carbocycles. The summed E-state index contributed by atoms with van der Waals surface area (Å²) in [5, 5.41) is 7.19. The highest BCUT2D eigenvalue weighted by Crippen LogP contribution is 2.06. The third kappa shape index (κ3) is 2.84. The van der Waals surface area contributed by atoms with Crippen LogP contribution in [-0.4, -0.2) is 5.16 Å². The third-order valence-electron chi connectivity index (χ3n) is 2.29. The molecular weight excluding hydrogens is 202 g/mol. The fraction of sp³-hybridized carbons (Fsp3) is 0.250. The quantitative estimate of drug-likeness (QED) is 0.767. The maximum atomic E-state index is 5.61. The highest BCUT2D eigenvalue weighted by atomic mass is 16.5. The highest BCUT2D eigenvalue weighted by molar-refractivity contribution is 5.39. The fourth-order valence-corrected chi connectivity index (χ4v) is 1.47. The predicted molar refractivity (Wildman–Crippen MR) is 62.6 cm³/mol. The van der Waals surface area contributed by atoms with Crippen LogP contribution in [0, 0.1) is 6.92 Å². The molecule has 16 heavy (non-hydrogen) atoms. The first kappa shape index (κ1) is 10.7. The Morgan fingerprint density at radius 2 is 2.00 bits per heavy atom. The number of nitrogen functional groups attached to an aromatic ring is 1. The van der Waals surface area contributed by atoms with Gasteiger partial charge in [0.1, 0.15) is 5.76 Å². The van der Waals surface area contributed by atoms with Gasteiger partial charge in [0.15, 0.2) is 0 Å². The van der Waals surface area contributed by atoms with Gasteiger partial charge in [-0.25, -0.2) is 0 Å². The molecule has 1 aromatic heterocycles. The van der Waals surface area contributed by atoms with Gasteiger partial charge in [0.2, 0.25) is 0 Å². The van der Waals surface area contributed by atoms with Crippen molar-refractivity contribution in [1.29, 1.82) is 0 Å². The van der Waals surface area contributed by atoms with Crippen LogP contribution in [0.3, 0.4) is 0 Å². The maximum Gasteiger partial charge on any atom is 0.133 e. The van der Waals surface area contributed by atoms with Gasteiger partial charge in [-0.1, -0.05) is 17.3 Å². The number of aromatic nitrogens is 1. The molecule has 0 saturated heterocycles. The van der Waals surface area contributed by atoms with E-state index in [9.17, 15) is 0 Å². The Morgan fingerprint density at radius 3 is 2.62 bits per heavy atom. The molecule has 4 heteroatoms. The molecule has 0 fully saturated rings. The Hall–Kier alpha value is -1.81.